The van der Waals surface area contributed by atoms with Gasteiger partial charge in [-0.1, -0.05) is 19.4 Å². The third kappa shape index (κ3) is 5.77. The SMILES string of the molecule is CCCCOc1ccc(/C(O)=C2/C(=O)C(=O)N(CCN(C)C)C2c2ccc(OC)c(OC)c2)cc1. The molecule has 1 N–H and O–H groups in total. The number of amides is 1. The Morgan fingerprint density at radius 1 is 1.03 bits per heavy atom. The minimum absolute atomic E-state index is 0.0422. The van der Waals surface area contributed by atoms with Crippen LogP contribution < -0.4 is 14.2 Å². The molecule has 35 heavy (non-hydrogen) atoms. The van der Waals surface area contributed by atoms with Gasteiger partial charge >= 0.3 is 0 Å². The summed E-state index contributed by atoms with van der Waals surface area (Å²) in [7, 11) is 6.85. The summed E-state index contributed by atoms with van der Waals surface area (Å²) in [6.07, 6.45) is 1.98. The van der Waals surface area contributed by atoms with Gasteiger partial charge in [-0.15, -0.1) is 0 Å². The number of ether oxygens (including phenoxy) is 3. The van der Waals surface area contributed by atoms with E-state index < -0.39 is 17.7 Å². The van der Waals surface area contributed by atoms with Gasteiger partial charge < -0.3 is 29.1 Å². The number of rotatable bonds is 11. The van der Waals surface area contributed by atoms with E-state index in [2.05, 4.69) is 6.92 Å². The molecule has 1 heterocycles. The maximum Gasteiger partial charge on any atom is 0.295 e. The van der Waals surface area contributed by atoms with Gasteiger partial charge in [0.2, 0.25) is 0 Å². The summed E-state index contributed by atoms with van der Waals surface area (Å²) in [6.45, 7) is 3.57. The van der Waals surface area contributed by atoms with Gasteiger partial charge in [0.05, 0.1) is 32.4 Å². The van der Waals surface area contributed by atoms with Crippen LogP contribution in [0, 0.1) is 0 Å². The molecular formula is C27H34N2O6. The molecule has 1 amide bonds. The average Bonchev–Trinajstić information content (AvgIpc) is 3.12. The van der Waals surface area contributed by atoms with Crippen molar-refractivity contribution >= 4 is 17.4 Å². The van der Waals surface area contributed by atoms with Gasteiger partial charge in [-0.05, 0) is 62.5 Å². The van der Waals surface area contributed by atoms with Crippen LogP contribution in [-0.4, -0.2) is 74.6 Å². The lowest BCUT2D eigenvalue weighted by molar-refractivity contribution is -0.140. The third-order valence-corrected chi connectivity index (χ3v) is 5.95. The molecule has 1 aliphatic heterocycles. The summed E-state index contributed by atoms with van der Waals surface area (Å²) < 4.78 is 16.5. The van der Waals surface area contributed by atoms with E-state index in [-0.39, 0.29) is 11.3 Å². The zero-order chi connectivity index (χ0) is 25.5. The number of hydrogen-bond donors (Lipinski definition) is 1. The number of methoxy groups -OCH3 is 2. The standard InChI is InChI=1S/C27H34N2O6/c1-6-7-16-35-20-11-8-18(9-12-20)25(30)23-24(19-10-13-21(33-4)22(17-19)34-5)29(15-14-28(2)3)27(32)26(23)31/h8-13,17,24,30H,6-7,14-16H2,1-5H3/b25-23-. The molecule has 3 rings (SSSR count). The van der Waals surface area contributed by atoms with Crippen molar-refractivity contribution < 1.29 is 28.9 Å². The molecule has 188 valence electrons. The number of carbonyl (C=O) groups excluding carboxylic acids is 2. The van der Waals surface area contributed by atoms with Crippen LogP contribution in [0.3, 0.4) is 0 Å². The third-order valence-electron chi connectivity index (χ3n) is 5.95. The molecule has 0 saturated carbocycles. The van der Waals surface area contributed by atoms with Gasteiger partial charge in [0.1, 0.15) is 11.5 Å². The van der Waals surface area contributed by atoms with Crippen molar-refractivity contribution in [1.29, 1.82) is 0 Å². The van der Waals surface area contributed by atoms with Crippen LogP contribution in [0.2, 0.25) is 0 Å². The number of Topliss-reactive ketones (excluding diaryl/α,β-unsaturated/α-hetero) is 1. The van der Waals surface area contributed by atoms with Crippen LogP contribution in [-0.2, 0) is 9.59 Å². The lowest BCUT2D eigenvalue weighted by atomic mass is 9.95. The molecule has 0 spiro atoms. The van der Waals surface area contributed by atoms with Crippen LogP contribution in [0.4, 0.5) is 0 Å². The van der Waals surface area contributed by atoms with Crippen molar-refractivity contribution in [2.75, 3.05) is 48.0 Å². The topological polar surface area (TPSA) is 88.5 Å². The highest BCUT2D eigenvalue weighted by molar-refractivity contribution is 6.46. The highest BCUT2D eigenvalue weighted by Gasteiger charge is 2.46. The largest absolute Gasteiger partial charge is 0.507 e. The fraction of sp³-hybridized carbons (Fsp3) is 0.407. The Hall–Kier alpha value is -3.52. The highest BCUT2D eigenvalue weighted by Crippen LogP contribution is 2.42. The summed E-state index contributed by atoms with van der Waals surface area (Å²) in [6, 6.07) is 11.3. The fourth-order valence-electron chi connectivity index (χ4n) is 3.99. The van der Waals surface area contributed by atoms with Crippen LogP contribution in [0.15, 0.2) is 48.0 Å². The van der Waals surface area contributed by atoms with Gasteiger partial charge in [-0.25, -0.2) is 0 Å². The van der Waals surface area contributed by atoms with E-state index in [4.69, 9.17) is 14.2 Å². The first kappa shape index (κ1) is 26.1. The second-order valence-corrected chi connectivity index (χ2v) is 8.64. The minimum Gasteiger partial charge on any atom is -0.507 e. The minimum atomic E-state index is -0.768. The Kier molecular flexibility index (Phi) is 8.76. The molecule has 2 aromatic rings. The van der Waals surface area contributed by atoms with Crippen molar-refractivity contribution in [2.24, 2.45) is 0 Å². The molecule has 0 aromatic heterocycles. The zero-order valence-electron chi connectivity index (χ0n) is 21.0. The van der Waals surface area contributed by atoms with E-state index in [1.165, 1.54) is 19.1 Å². The number of carbonyl (C=O) groups is 2. The predicted octanol–water partition coefficient (Wildman–Crippen LogP) is 3.87. The second kappa shape index (κ2) is 11.8. The van der Waals surface area contributed by atoms with Gasteiger partial charge in [0.25, 0.3) is 11.7 Å². The normalized spacial score (nSPS) is 17.2. The number of ketones is 1. The van der Waals surface area contributed by atoms with E-state index >= 15 is 0 Å². The zero-order valence-corrected chi connectivity index (χ0v) is 21.0. The van der Waals surface area contributed by atoms with Crippen LogP contribution in [0.25, 0.3) is 5.76 Å². The Bertz CT molecular complexity index is 1080. The predicted molar refractivity (Wildman–Crippen MR) is 134 cm³/mol. The lowest BCUT2D eigenvalue weighted by Gasteiger charge is -2.27. The van der Waals surface area contributed by atoms with Crippen LogP contribution >= 0.6 is 0 Å². The summed E-state index contributed by atoms with van der Waals surface area (Å²) >= 11 is 0. The molecule has 2 aromatic carbocycles. The van der Waals surface area contributed by atoms with Crippen molar-refractivity contribution in [3.05, 3.63) is 59.2 Å². The maximum atomic E-state index is 13.2. The molecule has 8 heteroatoms. The summed E-state index contributed by atoms with van der Waals surface area (Å²) in [5, 5.41) is 11.2. The molecule has 1 atom stereocenters. The van der Waals surface area contributed by atoms with Gasteiger partial charge in [-0.3, -0.25) is 9.59 Å². The summed E-state index contributed by atoms with van der Waals surface area (Å²) in [5.41, 5.74) is 1.12. The number of likely N-dealkylation sites (N-methyl/N-ethyl adjacent to an activating group) is 1. The van der Waals surface area contributed by atoms with Gasteiger partial charge in [-0.2, -0.15) is 0 Å². The number of aliphatic hydroxyl groups is 1. The van der Waals surface area contributed by atoms with Gasteiger partial charge in [0, 0.05) is 18.7 Å². The lowest BCUT2D eigenvalue weighted by Crippen LogP contribution is -2.35. The Labute approximate surface area is 206 Å². The fourth-order valence-corrected chi connectivity index (χ4v) is 3.99. The molecule has 8 nitrogen and oxygen atoms in total. The smallest absolute Gasteiger partial charge is 0.295 e. The average molecular weight is 483 g/mol. The first-order chi connectivity index (χ1) is 16.8. The first-order valence-corrected chi connectivity index (χ1v) is 11.7. The summed E-state index contributed by atoms with van der Waals surface area (Å²) in [4.78, 5) is 29.7. The van der Waals surface area contributed by atoms with Crippen molar-refractivity contribution in [1.82, 2.24) is 9.80 Å². The highest BCUT2D eigenvalue weighted by atomic mass is 16.5. The van der Waals surface area contributed by atoms with E-state index in [9.17, 15) is 14.7 Å². The molecule has 1 saturated heterocycles. The van der Waals surface area contributed by atoms with Crippen LogP contribution in [0.5, 0.6) is 17.2 Å². The number of unbranched alkanes of at least 4 members (excludes halogenated alkanes) is 1. The Morgan fingerprint density at radius 2 is 1.71 bits per heavy atom. The van der Waals surface area contributed by atoms with Crippen LogP contribution in [0.1, 0.15) is 36.9 Å². The second-order valence-electron chi connectivity index (χ2n) is 8.64. The van der Waals surface area contributed by atoms with E-state index in [1.54, 1.807) is 42.5 Å². The van der Waals surface area contributed by atoms with Crippen molar-refractivity contribution in [3.8, 4) is 17.2 Å². The van der Waals surface area contributed by atoms with Gasteiger partial charge in [0.15, 0.2) is 11.5 Å². The number of aliphatic hydroxyl groups excluding tert-OH is 1. The number of likely N-dealkylation sites (tertiary alicyclic amines) is 1. The molecule has 1 unspecified atom stereocenters. The molecule has 0 aliphatic carbocycles. The molecule has 0 bridgehead atoms. The number of hydrogen-bond acceptors (Lipinski definition) is 7. The van der Waals surface area contributed by atoms with E-state index in [0.717, 1.165) is 12.8 Å². The Morgan fingerprint density at radius 3 is 2.31 bits per heavy atom. The summed E-state index contributed by atoms with van der Waals surface area (Å²) in [5.74, 6) is 0.0856. The molecular weight excluding hydrogens is 448 g/mol. The van der Waals surface area contributed by atoms with E-state index in [0.29, 0.717) is 48.1 Å². The Balaban J connectivity index is 2.06. The monoisotopic (exact) mass is 482 g/mol. The molecule has 1 aliphatic rings. The maximum absolute atomic E-state index is 13.2. The quantitative estimate of drug-likeness (QED) is 0.225. The molecule has 0 radical (unpaired) electrons. The number of nitrogens with zero attached hydrogens (tertiary/aromatic N) is 2. The van der Waals surface area contributed by atoms with Crippen molar-refractivity contribution in [2.45, 2.75) is 25.8 Å². The first-order valence-electron chi connectivity index (χ1n) is 11.7. The number of benzene rings is 2. The van der Waals surface area contributed by atoms with E-state index in [1.807, 2.05) is 19.0 Å². The van der Waals surface area contributed by atoms with Crippen molar-refractivity contribution in [3.63, 3.8) is 0 Å². The molecule has 1 fully saturated rings.